The van der Waals surface area contributed by atoms with Gasteiger partial charge in [-0.2, -0.15) is 0 Å². The van der Waals surface area contributed by atoms with Crippen LogP contribution in [-0.4, -0.2) is 21.2 Å². The van der Waals surface area contributed by atoms with Crippen molar-refractivity contribution >= 4 is 16.7 Å². The summed E-state index contributed by atoms with van der Waals surface area (Å²) in [5.41, 5.74) is 10.2. The van der Waals surface area contributed by atoms with Crippen LogP contribution < -0.4 is 5.32 Å². The number of rotatable bonds is 6. The van der Waals surface area contributed by atoms with E-state index >= 15 is 0 Å². The minimum Gasteiger partial charge on any atom is -0.294 e. The maximum absolute atomic E-state index is 5.36. The summed E-state index contributed by atoms with van der Waals surface area (Å²) < 4.78 is 0. The van der Waals surface area contributed by atoms with E-state index in [1.165, 1.54) is 5.56 Å². The molecule has 0 bridgehead atoms. The van der Waals surface area contributed by atoms with Crippen LogP contribution in [0.1, 0.15) is 43.4 Å². The lowest BCUT2D eigenvalue weighted by molar-refractivity contribution is 0.508. The molecule has 1 aromatic heterocycles. The van der Waals surface area contributed by atoms with Gasteiger partial charge in [0.25, 0.3) is 0 Å². The minimum absolute atomic E-state index is 0.0171. The van der Waals surface area contributed by atoms with E-state index in [0.717, 1.165) is 69.8 Å². The lowest BCUT2D eigenvalue weighted by Crippen LogP contribution is -2.44. The van der Waals surface area contributed by atoms with Crippen molar-refractivity contribution in [3.63, 3.8) is 0 Å². The van der Waals surface area contributed by atoms with Gasteiger partial charge in [-0.3, -0.25) is 10.3 Å². The summed E-state index contributed by atoms with van der Waals surface area (Å²) in [4.78, 5) is 15.5. The number of allylic oxidation sites excluding steroid dienone is 3. The zero-order valence-electron chi connectivity index (χ0n) is 23.2. The number of aromatic nitrogens is 2. The lowest BCUT2D eigenvalue weighted by Gasteiger charge is -2.33. The van der Waals surface area contributed by atoms with Crippen LogP contribution >= 0.6 is 0 Å². The molecule has 1 aliphatic carbocycles. The van der Waals surface area contributed by atoms with Crippen molar-refractivity contribution in [3.05, 3.63) is 144 Å². The first-order valence-corrected chi connectivity index (χ1v) is 14.4. The predicted molar refractivity (Wildman–Crippen MR) is 169 cm³/mol. The van der Waals surface area contributed by atoms with Crippen LogP contribution in [0.5, 0.6) is 0 Å². The van der Waals surface area contributed by atoms with Crippen LogP contribution in [-0.2, 0) is 0 Å². The van der Waals surface area contributed by atoms with Gasteiger partial charge in [-0.15, -0.1) is 0 Å². The average molecular weight is 533 g/mol. The predicted octanol–water partition coefficient (Wildman–Crippen LogP) is 8.48. The van der Waals surface area contributed by atoms with E-state index in [9.17, 15) is 0 Å². The first-order valence-electron chi connectivity index (χ1n) is 14.4. The molecule has 1 unspecified atom stereocenters. The number of fused-ring (bicyclic) bond motifs is 1. The van der Waals surface area contributed by atoms with Crippen LogP contribution in [0, 0.1) is 0 Å². The largest absolute Gasteiger partial charge is 0.294 e. The van der Waals surface area contributed by atoms with Gasteiger partial charge in [-0.05, 0) is 49.4 Å². The van der Waals surface area contributed by atoms with Crippen molar-refractivity contribution in [2.45, 2.75) is 37.8 Å². The molecule has 4 nitrogen and oxygen atoms in total. The standard InChI is InChI=1S/C37H32N4/c1-2-3-6-19-32-37(24-25-37)41-36(27-15-9-5-10-16-27)35(40-32)29-22-20-28(21-23-29)34-33(26-13-7-4-8-14-26)38-30-17-11-12-18-31(30)39-34/h2-5,7-23,36,41H,6,24-25H2,1H3/b3-2-,32-19+. The summed E-state index contributed by atoms with van der Waals surface area (Å²) in [5.74, 6) is 0. The Hall–Kier alpha value is -4.67. The number of hydrogen-bond acceptors (Lipinski definition) is 4. The fraction of sp³-hybridized carbons (Fsp3) is 0.162. The van der Waals surface area contributed by atoms with Crippen LogP contribution in [0.2, 0.25) is 0 Å². The lowest BCUT2D eigenvalue weighted by atomic mass is 9.91. The Labute approximate surface area is 241 Å². The third-order valence-corrected chi connectivity index (χ3v) is 8.06. The topological polar surface area (TPSA) is 50.2 Å². The molecule has 1 aliphatic heterocycles. The Bertz CT molecular complexity index is 1780. The zero-order valence-corrected chi connectivity index (χ0v) is 23.2. The number of nitrogens with one attached hydrogen (secondary N) is 1. The molecule has 0 amide bonds. The third kappa shape index (κ3) is 4.92. The van der Waals surface area contributed by atoms with Gasteiger partial charge in [-0.1, -0.05) is 115 Å². The molecule has 4 heteroatoms. The molecule has 0 radical (unpaired) electrons. The fourth-order valence-electron chi connectivity index (χ4n) is 5.72. The number of hydrogen-bond donors (Lipinski definition) is 1. The van der Waals surface area contributed by atoms with Crippen LogP contribution in [0.3, 0.4) is 0 Å². The Morgan fingerprint density at radius 1 is 0.707 bits per heavy atom. The van der Waals surface area contributed by atoms with Gasteiger partial charge in [0, 0.05) is 11.1 Å². The highest BCUT2D eigenvalue weighted by Crippen LogP contribution is 2.48. The maximum Gasteiger partial charge on any atom is 0.0973 e. The molecule has 5 aromatic rings. The van der Waals surface area contributed by atoms with Crippen molar-refractivity contribution in [1.82, 2.24) is 15.3 Å². The molecule has 0 saturated heterocycles. The molecular formula is C37H32N4. The molecule has 1 N–H and O–H groups in total. The van der Waals surface area contributed by atoms with Crippen molar-refractivity contribution < 1.29 is 0 Å². The highest BCUT2D eigenvalue weighted by molar-refractivity contribution is 6.06. The van der Waals surface area contributed by atoms with E-state index in [4.69, 9.17) is 15.0 Å². The molecule has 4 aromatic carbocycles. The number of benzene rings is 4. The molecule has 1 fully saturated rings. The third-order valence-electron chi connectivity index (χ3n) is 8.06. The Kier molecular flexibility index (Phi) is 6.62. The first kappa shape index (κ1) is 25.3. The number of para-hydroxylation sites is 2. The molecule has 1 spiro atoms. The zero-order chi connectivity index (χ0) is 27.6. The summed E-state index contributed by atoms with van der Waals surface area (Å²) in [7, 11) is 0. The van der Waals surface area contributed by atoms with Gasteiger partial charge in [0.1, 0.15) is 0 Å². The number of aliphatic imine (C=N–C) groups is 1. The fourth-order valence-corrected chi connectivity index (χ4v) is 5.72. The van der Waals surface area contributed by atoms with Crippen molar-refractivity contribution in [2.24, 2.45) is 4.99 Å². The van der Waals surface area contributed by atoms with Crippen LogP contribution in [0.15, 0.2) is 138 Å². The quantitative estimate of drug-likeness (QED) is 0.223. The molecule has 200 valence electrons. The maximum atomic E-state index is 5.36. The van der Waals surface area contributed by atoms with Gasteiger partial charge in [0.15, 0.2) is 0 Å². The Morgan fingerprint density at radius 3 is 1.88 bits per heavy atom. The van der Waals surface area contributed by atoms with E-state index in [1.54, 1.807) is 0 Å². The molecule has 7 rings (SSSR count). The minimum atomic E-state index is -0.0171. The summed E-state index contributed by atoms with van der Waals surface area (Å²) in [5, 5.41) is 4.00. The van der Waals surface area contributed by atoms with Gasteiger partial charge >= 0.3 is 0 Å². The number of nitrogens with zero attached hydrogens (tertiary/aromatic N) is 3. The second kappa shape index (κ2) is 10.7. The molecular weight excluding hydrogens is 500 g/mol. The Balaban J connectivity index is 1.32. The molecule has 41 heavy (non-hydrogen) atoms. The Morgan fingerprint density at radius 2 is 1.27 bits per heavy atom. The molecule has 1 atom stereocenters. The van der Waals surface area contributed by atoms with Gasteiger partial charge in [0.05, 0.1) is 45.4 Å². The normalized spacial score (nSPS) is 18.7. The second-order valence-corrected chi connectivity index (χ2v) is 10.8. The summed E-state index contributed by atoms with van der Waals surface area (Å²) in [6, 6.07) is 37.8. The summed E-state index contributed by atoms with van der Waals surface area (Å²) >= 11 is 0. The van der Waals surface area contributed by atoms with Crippen molar-refractivity contribution in [1.29, 1.82) is 0 Å². The van der Waals surface area contributed by atoms with E-state index in [0.29, 0.717) is 0 Å². The van der Waals surface area contributed by atoms with Gasteiger partial charge in [0.2, 0.25) is 0 Å². The van der Waals surface area contributed by atoms with E-state index in [1.807, 2.05) is 42.5 Å². The highest BCUT2D eigenvalue weighted by Gasteiger charge is 2.50. The monoisotopic (exact) mass is 532 g/mol. The molecule has 2 heterocycles. The van der Waals surface area contributed by atoms with Gasteiger partial charge in [-0.25, -0.2) is 9.97 Å². The molecule has 1 saturated carbocycles. The SMILES string of the molecule is C/C=C\C/C=C1/N=C(c2ccc(-c3nc4ccccc4nc3-c3ccccc3)cc2)C(c2ccccc2)NC12CC2. The highest BCUT2D eigenvalue weighted by atomic mass is 15.1. The van der Waals surface area contributed by atoms with Crippen LogP contribution in [0.25, 0.3) is 33.5 Å². The first-order chi connectivity index (χ1) is 20.2. The van der Waals surface area contributed by atoms with E-state index in [-0.39, 0.29) is 11.6 Å². The summed E-state index contributed by atoms with van der Waals surface area (Å²) in [6.07, 6.45) is 9.71. The van der Waals surface area contributed by atoms with Gasteiger partial charge < -0.3 is 0 Å². The van der Waals surface area contributed by atoms with Crippen molar-refractivity contribution in [2.75, 3.05) is 0 Å². The summed E-state index contributed by atoms with van der Waals surface area (Å²) in [6.45, 7) is 2.06. The van der Waals surface area contributed by atoms with E-state index in [2.05, 4.69) is 97.2 Å². The smallest absolute Gasteiger partial charge is 0.0973 e. The van der Waals surface area contributed by atoms with E-state index < -0.39 is 0 Å². The second-order valence-electron chi connectivity index (χ2n) is 10.8. The molecule has 2 aliphatic rings. The average Bonchev–Trinajstić information content (AvgIpc) is 3.82. The van der Waals surface area contributed by atoms with Crippen molar-refractivity contribution in [3.8, 4) is 22.5 Å². The van der Waals surface area contributed by atoms with Crippen LogP contribution in [0.4, 0.5) is 0 Å².